The normalized spacial score (nSPS) is 18.2. The van der Waals surface area contributed by atoms with Gasteiger partial charge in [0.1, 0.15) is 0 Å². The van der Waals surface area contributed by atoms with E-state index in [1.807, 2.05) is 24.3 Å². The van der Waals surface area contributed by atoms with Crippen LogP contribution in [0, 0.1) is 0 Å². The second kappa shape index (κ2) is 10.4. The molecule has 3 aromatic rings. The maximum Gasteiger partial charge on any atom is 0.430 e. The lowest BCUT2D eigenvalue weighted by molar-refractivity contribution is -0.376. The molecule has 0 spiro atoms. The van der Waals surface area contributed by atoms with Crippen LogP contribution in [0.2, 0.25) is 0 Å². The average molecular weight is 524 g/mol. The summed E-state index contributed by atoms with van der Waals surface area (Å²) in [5.41, 5.74) is -2.83. The second-order valence-electron chi connectivity index (χ2n) is 9.39. The van der Waals surface area contributed by atoms with Crippen LogP contribution in [0.5, 0.6) is 0 Å². The molecular formula is C27H27F6N3O. The summed E-state index contributed by atoms with van der Waals surface area (Å²) in [5, 5.41) is 9.56. The summed E-state index contributed by atoms with van der Waals surface area (Å²) < 4.78 is 78.7. The minimum absolute atomic E-state index is 0.337. The minimum Gasteiger partial charge on any atom is -0.369 e. The van der Waals surface area contributed by atoms with Crippen molar-refractivity contribution in [3.63, 3.8) is 0 Å². The zero-order chi connectivity index (χ0) is 26.8. The van der Waals surface area contributed by atoms with E-state index < -0.39 is 23.5 Å². The van der Waals surface area contributed by atoms with Crippen LogP contribution in [-0.2, 0) is 18.7 Å². The molecule has 1 saturated heterocycles. The first-order valence-corrected chi connectivity index (χ1v) is 11.8. The van der Waals surface area contributed by atoms with E-state index in [0.717, 1.165) is 50.4 Å². The predicted molar refractivity (Wildman–Crippen MR) is 127 cm³/mol. The van der Waals surface area contributed by atoms with Crippen molar-refractivity contribution in [1.29, 1.82) is 0 Å². The quantitative estimate of drug-likeness (QED) is 0.417. The number of aromatic nitrogens is 1. The van der Waals surface area contributed by atoms with Gasteiger partial charge in [0.2, 0.25) is 0 Å². The number of aliphatic hydroxyl groups is 1. The highest BCUT2D eigenvalue weighted by Crippen LogP contribution is 2.50. The van der Waals surface area contributed by atoms with Crippen molar-refractivity contribution in [2.24, 2.45) is 0 Å². The molecule has 1 unspecified atom stereocenters. The Morgan fingerprint density at radius 3 is 1.78 bits per heavy atom. The van der Waals surface area contributed by atoms with E-state index in [1.165, 1.54) is 5.56 Å². The van der Waals surface area contributed by atoms with Gasteiger partial charge < -0.3 is 5.11 Å². The Labute approximate surface area is 211 Å². The summed E-state index contributed by atoms with van der Waals surface area (Å²) in [6.45, 7) is 6.54. The lowest BCUT2D eigenvalue weighted by Crippen LogP contribution is -2.53. The van der Waals surface area contributed by atoms with E-state index in [2.05, 4.69) is 21.7 Å². The molecule has 0 saturated carbocycles. The molecule has 1 fully saturated rings. The summed E-state index contributed by atoms with van der Waals surface area (Å²) in [5.74, 6) is 0. The van der Waals surface area contributed by atoms with Gasteiger partial charge in [0.05, 0.1) is 0 Å². The number of rotatable bonds is 6. The van der Waals surface area contributed by atoms with Gasteiger partial charge in [-0.25, -0.2) is 0 Å². The van der Waals surface area contributed by atoms with Gasteiger partial charge in [-0.05, 0) is 41.3 Å². The lowest BCUT2D eigenvalue weighted by atomic mass is 9.90. The molecule has 4 nitrogen and oxygen atoms in total. The van der Waals surface area contributed by atoms with Gasteiger partial charge in [0.15, 0.2) is 0 Å². The van der Waals surface area contributed by atoms with Crippen LogP contribution in [0.4, 0.5) is 26.3 Å². The first kappa shape index (κ1) is 27.1. The molecule has 2 aromatic carbocycles. The number of hydrogen-bond acceptors (Lipinski definition) is 4. The van der Waals surface area contributed by atoms with Gasteiger partial charge >= 0.3 is 12.4 Å². The first-order chi connectivity index (χ1) is 17.4. The molecule has 0 aliphatic carbocycles. The number of hydrogen-bond donors (Lipinski definition) is 1. The number of nitrogens with zero attached hydrogens (tertiary/aromatic N) is 3. The van der Waals surface area contributed by atoms with Crippen molar-refractivity contribution in [2.45, 2.75) is 44.0 Å². The molecule has 0 radical (unpaired) electrons. The molecule has 4 rings (SSSR count). The van der Waals surface area contributed by atoms with E-state index in [-0.39, 0.29) is 0 Å². The van der Waals surface area contributed by atoms with E-state index in [1.54, 1.807) is 24.5 Å². The molecule has 1 N–H and O–H groups in total. The summed E-state index contributed by atoms with van der Waals surface area (Å²) >= 11 is 0. The summed E-state index contributed by atoms with van der Waals surface area (Å²) in [6.07, 6.45) is -8.23. The van der Waals surface area contributed by atoms with Crippen molar-refractivity contribution < 1.29 is 31.4 Å². The first-order valence-electron chi connectivity index (χ1n) is 11.8. The van der Waals surface area contributed by atoms with Crippen molar-refractivity contribution in [3.8, 4) is 11.1 Å². The van der Waals surface area contributed by atoms with Crippen LogP contribution in [-0.4, -0.2) is 57.9 Å². The van der Waals surface area contributed by atoms with E-state index in [4.69, 9.17) is 0 Å². The number of piperazine rings is 1. The monoisotopic (exact) mass is 523 g/mol. The van der Waals surface area contributed by atoms with Crippen LogP contribution in [0.25, 0.3) is 11.1 Å². The molecule has 1 aromatic heterocycles. The van der Waals surface area contributed by atoms with Crippen molar-refractivity contribution in [3.05, 3.63) is 89.7 Å². The summed E-state index contributed by atoms with van der Waals surface area (Å²) in [7, 11) is 0. The summed E-state index contributed by atoms with van der Waals surface area (Å²) in [6, 6.07) is 15.4. The van der Waals surface area contributed by atoms with Crippen LogP contribution < -0.4 is 0 Å². The highest BCUT2D eigenvalue weighted by Gasteiger charge is 2.71. The SMILES string of the molecule is CC1CN(Cc2ccncc2)CCN1Cc1ccc(-c2ccc(C(O)(C(F)(F)F)C(F)(F)F)cc2)cc1. The van der Waals surface area contributed by atoms with Crippen LogP contribution in [0.15, 0.2) is 73.1 Å². The average Bonchev–Trinajstić information content (AvgIpc) is 2.85. The van der Waals surface area contributed by atoms with Crippen LogP contribution >= 0.6 is 0 Å². The zero-order valence-electron chi connectivity index (χ0n) is 20.1. The fraction of sp³-hybridized carbons (Fsp3) is 0.370. The second-order valence-corrected chi connectivity index (χ2v) is 9.39. The third kappa shape index (κ3) is 5.81. The topological polar surface area (TPSA) is 39.6 Å². The molecule has 37 heavy (non-hydrogen) atoms. The lowest BCUT2D eigenvalue weighted by Gasteiger charge is -2.40. The number of halogens is 6. The maximum absolute atomic E-state index is 13.1. The number of benzene rings is 2. The fourth-order valence-electron chi connectivity index (χ4n) is 4.62. The molecular weight excluding hydrogens is 496 g/mol. The van der Waals surface area contributed by atoms with Gasteiger partial charge in [-0.1, -0.05) is 48.5 Å². The Morgan fingerprint density at radius 2 is 1.27 bits per heavy atom. The molecule has 1 aliphatic rings. The van der Waals surface area contributed by atoms with E-state index >= 15 is 0 Å². The Hall–Kier alpha value is -2.95. The van der Waals surface area contributed by atoms with Gasteiger partial charge in [0.25, 0.3) is 5.60 Å². The number of alkyl halides is 6. The van der Waals surface area contributed by atoms with Gasteiger partial charge in [-0.3, -0.25) is 14.8 Å². The van der Waals surface area contributed by atoms with Gasteiger partial charge in [-0.15, -0.1) is 0 Å². The third-order valence-corrected chi connectivity index (χ3v) is 6.80. The van der Waals surface area contributed by atoms with E-state index in [9.17, 15) is 31.4 Å². The maximum atomic E-state index is 13.1. The van der Waals surface area contributed by atoms with Crippen molar-refractivity contribution >= 4 is 0 Å². The molecule has 10 heteroatoms. The Kier molecular flexibility index (Phi) is 7.64. The zero-order valence-corrected chi connectivity index (χ0v) is 20.1. The molecule has 1 aliphatic heterocycles. The Bertz CT molecular complexity index is 1150. The standard InChI is InChI=1S/C27H27F6N3O/c1-19-16-35(17-21-10-12-34-13-11-21)14-15-36(19)18-20-2-4-22(5-3-20)23-6-8-24(9-7-23)25(37,26(28,29)30)27(31,32)33/h2-13,19,37H,14-18H2,1H3. The van der Waals surface area contributed by atoms with Crippen molar-refractivity contribution in [1.82, 2.24) is 14.8 Å². The summed E-state index contributed by atoms with van der Waals surface area (Å²) in [4.78, 5) is 8.83. The Balaban J connectivity index is 1.39. The predicted octanol–water partition coefficient (Wildman–Crippen LogP) is 5.77. The molecule has 2 heterocycles. The third-order valence-electron chi connectivity index (χ3n) is 6.80. The van der Waals surface area contributed by atoms with Gasteiger partial charge in [0, 0.05) is 56.7 Å². The largest absolute Gasteiger partial charge is 0.430 e. The molecule has 198 valence electrons. The van der Waals surface area contributed by atoms with Crippen LogP contribution in [0.1, 0.15) is 23.6 Å². The van der Waals surface area contributed by atoms with Gasteiger partial charge in [-0.2, -0.15) is 26.3 Å². The van der Waals surface area contributed by atoms with E-state index in [0.29, 0.717) is 29.3 Å². The highest BCUT2D eigenvalue weighted by molar-refractivity contribution is 5.64. The molecule has 0 amide bonds. The smallest absolute Gasteiger partial charge is 0.369 e. The fourth-order valence-corrected chi connectivity index (χ4v) is 4.62. The molecule has 1 atom stereocenters. The minimum atomic E-state index is -5.91. The van der Waals surface area contributed by atoms with Crippen molar-refractivity contribution in [2.75, 3.05) is 19.6 Å². The molecule has 0 bridgehead atoms. The highest BCUT2D eigenvalue weighted by atomic mass is 19.4. The number of pyridine rings is 1. The van der Waals surface area contributed by atoms with Crippen LogP contribution in [0.3, 0.4) is 0 Å². The Morgan fingerprint density at radius 1 is 0.757 bits per heavy atom.